The number of nitrogens with zero attached hydrogens (tertiary/aromatic N) is 1. The van der Waals surface area contributed by atoms with Crippen LogP contribution in [-0.4, -0.2) is 34.8 Å². The van der Waals surface area contributed by atoms with E-state index in [9.17, 15) is 14.4 Å². The number of anilines is 1. The highest BCUT2D eigenvalue weighted by atomic mass is 35.5. The van der Waals surface area contributed by atoms with Gasteiger partial charge in [-0.1, -0.05) is 31.0 Å². The van der Waals surface area contributed by atoms with Gasteiger partial charge in [-0.15, -0.1) is 0 Å². The van der Waals surface area contributed by atoms with E-state index in [4.69, 9.17) is 11.6 Å². The van der Waals surface area contributed by atoms with Crippen LogP contribution in [0.2, 0.25) is 5.02 Å². The summed E-state index contributed by atoms with van der Waals surface area (Å²) in [5.74, 6) is -0.0957. The Kier molecular flexibility index (Phi) is 5.23. The highest BCUT2D eigenvalue weighted by molar-refractivity contribution is 6.31. The third kappa shape index (κ3) is 3.43. The van der Waals surface area contributed by atoms with E-state index < -0.39 is 17.5 Å². The fourth-order valence-corrected chi connectivity index (χ4v) is 3.99. The molecular formula is C19H24ClN3O3. The summed E-state index contributed by atoms with van der Waals surface area (Å²) >= 11 is 6.06. The molecule has 1 saturated heterocycles. The second-order valence-corrected chi connectivity index (χ2v) is 7.62. The number of carbonyl (C=O) groups is 3. The summed E-state index contributed by atoms with van der Waals surface area (Å²) in [6.45, 7) is 3.65. The Labute approximate surface area is 158 Å². The average molecular weight is 378 g/mol. The van der Waals surface area contributed by atoms with Gasteiger partial charge in [0.05, 0.1) is 0 Å². The second kappa shape index (κ2) is 7.27. The van der Waals surface area contributed by atoms with Crippen molar-refractivity contribution in [3.63, 3.8) is 0 Å². The summed E-state index contributed by atoms with van der Waals surface area (Å²) in [4.78, 5) is 38.5. The Balaban J connectivity index is 1.66. The van der Waals surface area contributed by atoms with Crippen molar-refractivity contribution in [1.82, 2.24) is 10.2 Å². The fraction of sp³-hybridized carbons (Fsp3) is 0.526. The topological polar surface area (TPSA) is 78.5 Å². The van der Waals surface area contributed by atoms with Crippen LogP contribution in [0.4, 0.5) is 10.5 Å². The molecule has 0 atom stereocenters. The zero-order valence-corrected chi connectivity index (χ0v) is 15.9. The van der Waals surface area contributed by atoms with Crippen molar-refractivity contribution < 1.29 is 14.4 Å². The number of carbonyl (C=O) groups excluding carboxylic acids is 3. The van der Waals surface area contributed by atoms with Crippen LogP contribution < -0.4 is 10.6 Å². The predicted octanol–water partition coefficient (Wildman–Crippen LogP) is 3.48. The Morgan fingerprint density at radius 1 is 1.35 bits per heavy atom. The summed E-state index contributed by atoms with van der Waals surface area (Å²) < 4.78 is 0. The molecule has 1 aromatic carbocycles. The van der Waals surface area contributed by atoms with Crippen LogP contribution in [-0.2, 0) is 9.59 Å². The van der Waals surface area contributed by atoms with Gasteiger partial charge in [0, 0.05) is 10.7 Å². The normalized spacial score (nSPS) is 25.5. The zero-order valence-electron chi connectivity index (χ0n) is 15.1. The highest BCUT2D eigenvalue weighted by Gasteiger charge is 2.52. The number of benzene rings is 1. The quantitative estimate of drug-likeness (QED) is 0.788. The molecule has 140 valence electrons. The molecule has 26 heavy (non-hydrogen) atoms. The Bertz CT molecular complexity index is 742. The lowest BCUT2D eigenvalue weighted by molar-refractivity contribution is -0.135. The maximum Gasteiger partial charge on any atom is 0.325 e. The number of rotatable bonds is 4. The van der Waals surface area contributed by atoms with Crippen LogP contribution in [0.5, 0.6) is 0 Å². The van der Waals surface area contributed by atoms with E-state index in [1.807, 2.05) is 0 Å². The van der Waals surface area contributed by atoms with Gasteiger partial charge in [0.25, 0.3) is 5.91 Å². The Morgan fingerprint density at radius 3 is 2.69 bits per heavy atom. The number of hydrogen-bond acceptors (Lipinski definition) is 3. The lowest BCUT2D eigenvalue weighted by Crippen LogP contribution is -2.49. The summed E-state index contributed by atoms with van der Waals surface area (Å²) in [5.41, 5.74) is 0.497. The molecule has 1 saturated carbocycles. The smallest absolute Gasteiger partial charge is 0.324 e. The molecular weight excluding hydrogens is 354 g/mol. The molecule has 0 aromatic heterocycles. The van der Waals surface area contributed by atoms with Gasteiger partial charge < -0.3 is 10.6 Å². The number of halogens is 1. The first-order valence-corrected chi connectivity index (χ1v) is 9.43. The molecule has 3 rings (SSSR count). The van der Waals surface area contributed by atoms with Gasteiger partial charge in [-0.2, -0.15) is 0 Å². The van der Waals surface area contributed by atoms with Gasteiger partial charge in [-0.3, -0.25) is 14.5 Å². The van der Waals surface area contributed by atoms with E-state index in [1.165, 1.54) is 0 Å². The lowest BCUT2D eigenvalue weighted by Gasteiger charge is -2.34. The van der Waals surface area contributed by atoms with Crippen LogP contribution >= 0.6 is 11.6 Å². The molecule has 1 aromatic rings. The van der Waals surface area contributed by atoms with Crippen LogP contribution in [0.3, 0.4) is 0 Å². The van der Waals surface area contributed by atoms with Crippen LogP contribution in [0.15, 0.2) is 18.2 Å². The van der Waals surface area contributed by atoms with Gasteiger partial charge in [0.15, 0.2) is 0 Å². The predicted molar refractivity (Wildman–Crippen MR) is 100 cm³/mol. The van der Waals surface area contributed by atoms with Crippen molar-refractivity contribution in [3.05, 3.63) is 28.8 Å². The summed E-state index contributed by atoms with van der Waals surface area (Å²) in [6.07, 6.45) is 4.21. The number of imide groups is 1. The highest BCUT2D eigenvalue weighted by Crippen LogP contribution is 2.37. The second-order valence-electron chi connectivity index (χ2n) is 7.22. The first-order chi connectivity index (χ1) is 12.4. The molecule has 4 amide bonds. The van der Waals surface area contributed by atoms with Crippen molar-refractivity contribution in [1.29, 1.82) is 0 Å². The molecule has 2 aliphatic rings. The molecule has 0 unspecified atom stereocenters. The molecule has 1 aliphatic carbocycles. The van der Waals surface area contributed by atoms with Gasteiger partial charge in [-0.25, -0.2) is 4.79 Å². The molecule has 1 heterocycles. The van der Waals surface area contributed by atoms with Gasteiger partial charge in [0.1, 0.15) is 12.1 Å². The number of hydrogen-bond donors (Lipinski definition) is 2. The zero-order chi connectivity index (χ0) is 18.9. The minimum absolute atomic E-state index is 0.282. The molecule has 0 radical (unpaired) electrons. The average Bonchev–Trinajstić information content (AvgIpc) is 2.84. The standard InChI is InChI=1S/C19H24ClN3O3/c1-3-13-7-9-19(10-8-13)17(25)23(18(26)22-19)11-16(24)21-15-6-4-5-14(20)12(15)2/h4-6,13H,3,7-11H2,1-2H3,(H,21,24)(H,22,26). The first kappa shape index (κ1) is 18.7. The van der Waals surface area contributed by atoms with Crippen molar-refractivity contribution in [3.8, 4) is 0 Å². The molecule has 1 spiro atoms. The molecule has 0 bridgehead atoms. The third-order valence-corrected chi connectivity index (χ3v) is 6.03. The van der Waals surface area contributed by atoms with E-state index in [0.717, 1.165) is 29.7 Å². The number of urea groups is 1. The molecule has 2 N–H and O–H groups in total. The maximum absolute atomic E-state index is 12.8. The lowest BCUT2D eigenvalue weighted by atomic mass is 9.75. The van der Waals surface area contributed by atoms with Gasteiger partial charge in [-0.05, 0) is 56.2 Å². The van der Waals surface area contributed by atoms with Crippen molar-refractivity contribution in [2.75, 3.05) is 11.9 Å². The van der Waals surface area contributed by atoms with E-state index >= 15 is 0 Å². The van der Waals surface area contributed by atoms with E-state index in [0.29, 0.717) is 29.5 Å². The summed E-state index contributed by atoms with van der Waals surface area (Å²) in [6, 6.07) is 4.72. The Hall–Kier alpha value is -2.08. The van der Waals surface area contributed by atoms with Gasteiger partial charge >= 0.3 is 6.03 Å². The largest absolute Gasteiger partial charge is 0.325 e. The van der Waals surface area contributed by atoms with Crippen LogP contribution in [0.1, 0.15) is 44.6 Å². The monoisotopic (exact) mass is 377 g/mol. The summed E-state index contributed by atoms with van der Waals surface area (Å²) in [5, 5.41) is 6.11. The molecule has 7 heteroatoms. The SMILES string of the molecule is CCC1CCC2(CC1)NC(=O)N(CC(=O)Nc1cccc(Cl)c1C)C2=O. The number of amides is 4. The van der Waals surface area contributed by atoms with Crippen molar-refractivity contribution in [2.45, 2.75) is 51.5 Å². The first-order valence-electron chi connectivity index (χ1n) is 9.05. The van der Waals surface area contributed by atoms with Crippen LogP contribution in [0.25, 0.3) is 0 Å². The van der Waals surface area contributed by atoms with Crippen molar-refractivity contribution in [2.24, 2.45) is 5.92 Å². The summed E-state index contributed by atoms with van der Waals surface area (Å²) in [7, 11) is 0. The molecule has 1 aliphatic heterocycles. The molecule has 2 fully saturated rings. The van der Waals surface area contributed by atoms with Crippen LogP contribution in [0, 0.1) is 12.8 Å². The fourth-order valence-electron chi connectivity index (χ4n) is 3.81. The van der Waals surface area contributed by atoms with E-state index in [2.05, 4.69) is 17.6 Å². The van der Waals surface area contributed by atoms with E-state index in [-0.39, 0.29) is 12.5 Å². The van der Waals surface area contributed by atoms with E-state index in [1.54, 1.807) is 25.1 Å². The van der Waals surface area contributed by atoms with Crippen molar-refractivity contribution >= 4 is 35.1 Å². The Morgan fingerprint density at radius 2 is 2.04 bits per heavy atom. The van der Waals surface area contributed by atoms with Gasteiger partial charge in [0.2, 0.25) is 5.91 Å². The molecule has 6 nitrogen and oxygen atoms in total. The minimum Gasteiger partial charge on any atom is -0.324 e. The number of nitrogens with one attached hydrogen (secondary N) is 2. The third-order valence-electron chi connectivity index (χ3n) is 5.63. The minimum atomic E-state index is -0.824. The maximum atomic E-state index is 12.8.